The molecule has 0 unspecified atom stereocenters. The van der Waals surface area contributed by atoms with Crippen LogP contribution in [0.1, 0.15) is 79.3 Å². The summed E-state index contributed by atoms with van der Waals surface area (Å²) in [7, 11) is 0. The van der Waals surface area contributed by atoms with E-state index in [9.17, 15) is 9.59 Å². The fourth-order valence-electron chi connectivity index (χ4n) is 7.24. The van der Waals surface area contributed by atoms with Gasteiger partial charge in [-0.2, -0.15) is 0 Å². The van der Waals surface area contributed by atoms with Crippen LogP contribution in [0.25, 0.3) is 5.69 Å². The first-order valence-corrected chi connectivity index (χ1v) is 13.0. The minimum Gasteiger partial charge on any atom is -0.245 e. The maximum absolute atomic E-state index is 14.0. The highest BCUT2D eigenvalue weighted by Gasteiger charge is 2.50. The molecule has 1 aliphatic heterocycles. The lowest BCUT2D eigenvalue weighted by atomic mass is 9.61. The molecule has 6 atom stereocenters. The molecule has 5 heteroatoms. The van der Waals surface area contributed by atoms with Crippen LogP contribution in [0.15, 0.2) is 51.1 Å². The minimum absolute atomic E-state index is 0.0193. The van der Waals surface area contributed by atoms with Crippen molar-refractivity contribution in [1.82, 2.24) is 13.9 Å². The molecule has 0 N–H and O–H groups in total. The van der Waals surface area contributed by atoms with E-state index in [2.05, 4.69) is 41.5 Å². The van der Waals surface area contributed by atoms with E-state index in [-0.39, 0.29) is 23.5 Å². The van der Waals surface area contributed by atoms with Gasteiger partial charge >= 0.3 is 11.4 Å². The Morgan fingerprint density at radius 2 is 1.12 bits per heavy atom. The van der Waals surface area contributed by atoms with Crippen LogP contribution in [-0.4, -0.2) is 13.9 Å². The summed E-state index contributed by atoms with van der Waals surface area (Å²) in [5, 5.41) is 0. The largest absolute Gasteiger partial charge is 0.352 e. The first kappa shape index (κ1) is 22.5. The van der Waals surface area contributed by atoms with Gasteiger partial charge in [0.05, 0.1) is 17.8 Å². The summed E-state index contributed by atoms with van der Waals surface area (Å²) in [4.78, 5) is 28.0. The number of benzene rings is 1. The third-order valence-corrected chi connectivity index (χ3v) is 8.87. The van der Waals surface area contributed by atoms with Crippen molar-refractivity contribution in [3.63, 3.8) is 0 Å². The van der Waals surface area contributed by atoms with Crippen molar-refractivity contribution >= 4 is 0 Å². The van der Waals surface area contributed by atoms with Gasteiger partial charge in [0.2, 0.25) is 0 Å². The molecule has 0 bridgehead atoms. The summed E-state index contributed by atoms with van der Waals surface area (Å²) >= 11 is 0. The number of para-hydroxylation sites is 1. The fraction of sp³-hybridized carbons (Fsp3) is 0.643. The van der Waals surface area contributed by atoms with Crippen molar-refractivity contribution in [2.45, 2.75) is 79.3 Å². The van der Waals surface area contributed by atoms with Crippen LogP contribution in [-0.2, 0) is 0 Å². The lowest BCUT2D eigenvalue weighted by Gasteiger charge is -2.51. The van der Waals surface area contributed by atoms with E-state index in [0.717, 1.165) is 12.8 Å². The van der Waals surface area contributed by atoms with Gasteiger partial charge in [-0.15, -0.1) is 0 Å². The summed E-state index contributed by atoms with van der Waals surface area (Å²) in [5.41, 5.74) is 3.32. The maximum atomic E-state index is 14.0. The van der Waals surface area contributed by atoms with Crippen LogP contribution in [0.3, 0.4) is 0 Å². The topological polar surface area (TPSA) is 48.9 Å². The molecule has 0 radical (unpaired) electrons. The Morgan fingerprint density at radius 1 is 0.697 bits per heavy atom. The number of allylic oxidation sites excluding steroid dienone is 2. The molecule has 0 amide bonds. The SMILES string of the molecule is CC(C)[C@@H]1CC[C@@H](C)[C@H]2C1=C1[C@H](C(C)C)CC[C@@H](C)[C@H]1n1c(=O)n(-c3ccccc3)c(=O)n12. The molecule has 178 valence electrons. The zero-order valence-electron chi connectivity index (χ0n) is 21.0. The van der Waals surface area contributed by atoms with Gasteiger partial charge in [-0.05, 0) is 84.5 Å². The average Bonchev–Trinajstić information content (AvgIpc) is 3.04. The lowest BCUT2D eigenvalue weighted by molar-refractivity contribution is 0.124. The van der Waals surface area contributed by atoms with E-state index >= 15 is 0 Å². The fourth-order valence-corrected chi connectivity index (χ4v) is 7.24. The average molecular weight is 450 g/mol. The molecule has 33 heavy (non-hydrogen) atoms. The van der Waals surface area contributed by atoms with E-state index in [1.807, 2.05) is 39.7 Å². The Kier molecular flexibility index (Phi) is 5.57. The summed E-state index contributed by atoms with van der Waals surface area (Å²) in [6, 6.07) is 9.41. The molecule has 1 aromatic carbocycles. The molecule has 2 heterocycles. The molecule has 5 rings (SSSR count). The van der Waals surface area contributed by atoms with Crippen LogP contribution >= 0.6 is 0 Å². The minimum atomic E-state index is -0.178. The molecular formula is C28H39N3O2. The zero-order chi connectivity index (χ0) is 23.6. The molecule has 2 aliphatic carbocycles. The summed E-state index contributed by atoms with van der Waals surface area (Å²) < 4.78 is 5.19. The van der Waals surface area contributed by atoms with E-state index in [1.165, 1.54) is 28.6 Å². The Bertz CT molecular complexity index is 1110. The predicted octanol–water partition coefficient (Wildman–Crippen LogP) is 5.60. The third kappa shape index (κ3) is 3.25. The van der Waals surface area contributed by atoms with Crippen molar-refractivity contribution in [3.05, 3.63) is 62.4 Å². The lowest BCUT2D eigenvalue weighted by Crippen LogP contribution is -2.49. The van der Waals surface area contributed by atoms with Gasteiger partial charge in [-0.3, -0.25) is 0 Å². The molecule has 1 aromatic heterocycles. The highest BCUT2D eigenvalue weighted by molar-refractivity contribution is 5.36. The number of aromatic nitrogens is 3. The van der Waals surface area contributed by atoms with Crippen molar-refractivity contribution in [2.24, 2.45) is 35.5 Å². The van der Waals surface area contributed by atoms with Gasteiger partial charge in [0.1, 0.15) is 0 Å². The van der Waals surface area contributed by atoms with Crippen LogP contribution in [0, 0.1) is 35.5 Å². The van der Waals surface area contributed by atoms with Gasteiger partial charge in [0, 0.05) is 0 Å². The summed E-state index contributed by atoms with van der Waals surface area (Å²) in [5.74, 6) is 2.68. The van der Waals surface area contributed by atoms with E-state index in [4.69, 9.17) is 0 Å². The number of rotatable bonds is 3. The van der Waals surface area contributed by atoms with E-state index < -0.39 is 0 Å². The summed E-state index contributed by atoms with van der Waals surface area (Å²) in [6.07, 6.45) is 4.54. The van der Waals surface area contributed by atoms with Gasteiger partial charge in [-0.1, -0.05) is 59.7 Å². The first-order chi connectivity index (χ1) is 15.7. The molecule has 2 aromatic rings. The van der Waals surface area contributed by atoms with Crippen molar-refractivity contribution < 1.29 is 0 Å². The van der Waals surface area contributed by atoms with Crippen LogP contribution < -0.4 is 11.4 Å². The molecule has 0 spiro atoms. The standard InChI is InChI=1S/C28H39N3O2/c1-16(2)21-14-12-18(5)25-23(21)24-22(17(3)4)15-13-19(6)26(24)31-28(33)29(27(32)30(25)31)20-10-8-7-9-11-20/h7-11,16-19,21-22,25-26H,12-15H2,1-6H3/t18-,19-,21+,22+,25-,26+/m1/s1. The molecule has 2 saturated carbocycles. The Balaban J connectivity index is 1.86. The molecular weight excluding hydrogens is 410 g/mol. The Hall–Kier alpha value is -2.30. The van der Waals surface area contributed by atoms with Gasteiger partial charge < -0.3 is 0 Å². The van der Waals surface area contributed by atoms with Crippen molar-refractivity contribution in [3.8, 4) is 5.69 Å². The molecule has 2 fully saturated rings. The normalized spacial score (nSPS) is 31.5. The highest BCUT2D eigenvalue weighted by Crippen LogP contribution is 2.56. The molecule has 5 nitrogen and oxygen atoms in total. The molecule has 3 aliphatic rings. The predicted molar refractivity (Wildman–Crippen MR) is 133 cm³/mol. The van der Waals surface area contributed by atoms with E-state index in [1.54, 1.807) is 0 Å². The second-order valence-corrected chi connectivity index (χ2v) is 11.5. The van der Waals surface area contributed by atoms with Crippen molar-refractivity contribution in [1.29, 1.82) is 0 Å². The van der Waals surface area contributed by atoms with E-state index in [0.29, 0.717) is 41.2 Å². The smallest absolute Gasteiger partial charge is 0.245 e. The number of hydrogen-bond donors (Lipinski definition) is 0. The van der Waals surface area contributed by atoms with Crippen molar-refractivity contribution in [2.75, 3.05) is 0 Å². The second-order valence-electron chi connectivity index (χ2n) is 11.5. The van der Waals surface area contributed by atoms with Crippen LogP contribution in [0.4, 0.5) is 0 Å². The Labute approximate surface area is 197 Å². The first-order valence-electron chi connectivity index (χ1n) is 13.0. The maximum Gasteiger partial charge on any atom is 0.352 e. The number of nitrogens with zero attached hydrogens (tertiary/aromatic N) is 3. The number of fused-ring (bicyclic) bond motifs is 5. The quantitative estimate of drug-likeness (QED) is 0.573. The third-order valence-electron chi connectivity index (χ3n) is 8.87. The van der Waals surface area contributed by atoms with Crippen LogP contribution in [0.2, 0.25) is 0 Å². The zero-order valence-corrected chi connectivity index (χ0v) is 21.0. The van der Waals surface area contributed by atoms with Gasteiger partial charge in [-0.25, -0.2) is 23.5 Å². The van der Waals surface area contributed by atoms with Gasteiger partial charge in [0.25, 0.3) is 0 Å². The summed E-state index contributed by atoms with van der Waals surface area (Å²) in [6.45, 7) is 13.9. The molecule has 0 saturated heterocycles. The van der Waals surface area contributed by atoms with Crippen LogP contribution in [0.5, 0.6) is 0 Å². The second kappa shape index (κ2) is 8.18. The highest BCUT2D eigenvalue weighted by atomic mass is 16.2. The number of hydrogen-bond acceptors (Lipinski definition) is 2. The Morgan fingerprint density at radius 3 is 1.52 bits per heavy atom. The monoisotopic (exact) mass is 449 g/mol. The van der Waals surface area contributed by atoms with Gasteiger partial charge in [0.15, 0.2) is 0 Å².